The van der Waals surface area contributed by atoms with Gasteiger partial charge >= 0.3 is 6.18 Å². The Bertz CT molecular complexity index is 938. The predicted molar refractivity (Wildman–Crippen MR) is 98.0 cm³/mol. The van der Waals surface area contributed by atoms with Crippen molar-refractivity contribution in [2.75, 3.05) is 18.4 Å². The Kier molecular flexibility index (Phi) is 5.76. The summed E-state index contributed by atoms with van der Waals surface area (Å²) in [6, 6.07) is 12.5. The van der Waals surface area contributed by atoms with E-state index in [4.69, 9.17) is 0 Å². The molecule has 1 saturated heterocycles. The van der Waals surface area contributed by atoms with Gasteiger partial charge in [-0.2, -0.15) is 17.5 Å². The maximum Gasteiger partial charge on any atom is 0.416 e. The van der Waals surface area contributed by atoms with E-state index in [1.807, 2.05) is 0 Å². The van der Waals surface area contributed by atoms with Crippen LogP contribution in [0.25, 0.3) is 0 Å². The van der Waals surface area contributed by atoms with Gasteiger partial charge < -0.3 is 5.32 Å². The number of alkyl halides is 3. The lowest BCUT2D eigenvalue weighted by atomic mass is 9.97. The van der Waals surface area contributed by atoms with Gasteiger partial charge in [0.2, 0.25) is 15.9 Å². The van der Waals surface area contributed by atoms with Crippen molar-refractivity contribution >= 4 is 21.6 Å². The highest BCUT2D eigenvalue weighted by atomic mass is 32.2. The summed E-state index contributed by atoms with van der Waals surface area (Å²) in [6.07, 6.45) is -3.88. The number of carbonyl (C=O) groups excluding carboxylic acids is 1. The van der Waals surface area contributed by atoms with Crippen molar-refractivity contribution in [2.24, 2.45) is 5.92 Å². The quantitative estimate of drug-likeness (QED) is 0.832. The smallest absolute Gasteiger partial charge is 0.326 e. The van der Waals surface area contributed by atoms with Crippen LogP contribution in [-0.4, -0.2) is 31.7 Å². The first-order chi connectivity index (χ1) is 13.2. The lowest BCUT2D eigenvalue weighted by molar-refractivity contribution is -0.137. The molecule has 0 saturated carbocycles. The largest absolute Gasteiger partial charge is 0.416 e. The molecule has 5 nitrogen and oxygen atoms in total. The normalized spacial score (nSPS) is 16.7. The van der Waals surface area contributed by atoms with Gasteiger partial charge in [0.1, 0.15) is 0 Å². The number of hydrogen-bond donors (Lipinski definition) is 1. The van der Waals surface area contributed by atoms with Crippen LogP contribution in [-0.2, 0) is 21.0 Å². The second-order valence-electron chi connectivity index (χ2n) is 6.56. The molecule has 1 N–H and O–H groups in total. The van der Waals surface area contributed by atoms with Crippen LogP contribution in [0, 0.1) is 5.92 Å². The van der Waals surface area contributed by atoms with Gasteiger partial charge in [-0.25, -0.2) is 8.42 Å². The third-order valence-corrected chi connectivity index (χ3v) is 6.58. The van der Waals surface area contributed by atoms with Crippen molar-refractivity contribution in [3.8, 4) is 0 Å². The maximum absolute atomic E-state index is 12.8. The molecule has 0 spiro atoms. The summed E-state index contributed by atoms with van der Waals surface area (Å²) in [5, 5.41) is 2.50. The standard InChI is InChI=1S/C19H19F3N2O3S/c20-19(21,22)15-5-4-6-16(13-15)23-18(25)14-9-11-24(12-10-14)28(26,27)17-7-2-1-3-8-17/h1-8,13-14H,9-12H2,(H,23,25). The Hall–Kier alpha value is -2.39. The Morgan fingerprint density at radius 2 is 1.64 bits per heavy atom. The van der Waals surface area contributed by atoms with E-state index in [1.165, 1.54) is 28.6 Å². The summed E-state index contributed by atoms with van der Waals surface area (Å²) < 4.78 is 64.9. The minimum absolute atomic E-state index is 0.0687. The Balaban J connectivity index is 1.62. The number of rotatable bonds is 4. The Morgan fingerprint density at radius 1 is 1.00 bits per heavy atom. The van der Waals surface area contributed by atoms with Crippen molar-refractivity contribution < 1.29 is 26.4 Å². The zero-order valence-electron chi connectivity index (χ0n) is 14.8. The highest BCUT2D eigenvalue weighted by molar-refractivity contribution is 7.89. The van der Waals surface area contributed by atoms with Crippen LogP contribution < -0.4 is 5.32 Å². The second-order valence-corrected chi connectivity index (χ2v) is 8.50. The molecule has 9 heteroatoms. The summed E-state index contributed by atoms with van der Waals surface area (Å²) >= 11 is 0. The maximum atomic E-state index is 12.8. The fourth-order valence-corrected chi connectivity index (χ4v) is 4.61. The molecule has 1 aliphatic heterocycles. The van der Waals surface area contributed by atoms with Crippen molar-refractivity contribution in [3.63, 3.8) is 0 Å². The van der Waals surface area contributed by atoms with E-state index in [2.05, 4.69) is 5.32 Å². The van der Waals surface area contributed by atoms with E-state index in [1.54, 1.807) is 18.2 Å². The Morgan fingerprint density at radius 3 is 2.25 bits per heavy atom. The first kappa shape index (κ1) is 20.3. The van der Waals surface area contributed by atoms with Gasteiger partial charge in [-0.05, 0) is 43.2 Å². The average Bonchev–Trinajstić information content (AvgIpc) is 2.68. The van der Waals surface area contributed by atoms with Crippen LogP contribution in [0.5, 0.6) is 0 Å². The van der Waals surface area contributed by atoms with Crippen molar-refractivity contribution in [2.45, 2.75) is 23.9 Å². The highest BCUT2D eigenvalue weighted by Crippen LogP contribution is 2.31. The molecule has 150 valence electrons. The average molecular weight is 412 g/mol. The van der Waals surface area contributed by atoms with E-state index in [9.17, 15) is 26.4 Å². The lowest BCUT2D eigenvalue weighted by Crippen LogP contribution is -2.41. The second kappa shape index (κ2) is 7.92. The van der Waals surface area contributed by atoms with E-state index in [-0.39, 0.29) is 23.7 Å². The molecule has 1 fully saturated rings. The zero-order chi connectivity index (χ0) is 20.4. The number of halogens is 3. The van der Waals surface area contributed by atoms with Gasteiger partial charge in [-0.3, -0.25) is 4.79 Å². The van der Waals surface area contributed by atoms with E-state index in [0.717, 1.165) is 12.1 Å². The number of nitrogens with zero attached hydrogens (tertiary/aromatic N) is 1. The Labute approximate surface area is 161 Å². The summed E-state index contributed by atoms with van der Waals surface area (Å²) in [5.41, 5.74) is -0.770. The first-order valence-electron chi connectivity index (χ1n) is 8.71. The molecule has 2 aromatic rings. The number of carbonyl (C=O) groups is 1. The fraction of sp³-hybridized carbons (Fsp3) is 0.316. The molecule has 3 rings (SSSR count). The van der Waals surface area contributed by atoms with Crippen LogP contribution in [0.15, 0.2) is 59.5 Å². The number of piperidine rings is 1. The summed E-state index contributed by atoms with van der Waals surface area (Å²) in [4.78, 5) is 12.6. The molecule has 28 heavy (non-hydrogen) atoms. The molecule has 1 amide bonds. The fourth-order valence-electron chi connectivity index (χ4n) is 3.12. The van der Waals surface area contributed by atoms with Gasteiger partial charge in [0.25, 0.3) is 0 Å². The SMILES string of the molecule is O=C(Nc1cccc(C(F)(F)F)c1)C1CCN(S(=O)(=O)c2ccccc2)CC1. The lowest BCUT2D eigenvalue weighted by Gasteiger charge is -2.30. The van der Waals surface area contributed by atoms with Gasteiger partial charge in [-0.1, -0.05) is 24.3 Å². The molecule has 2 aromatic carbocycles. The number of nitrogens with one attached hydrogen (secondary N) is 1. The van der Waals surface area contributed by atoms with Crippen molar-refractivity contribution in [1.29, 1.82) is 0 Å². The number of benzene rings is 2. The van der Waals surface area contributed by atoms with Crippen LogP contribution in [0.1, 0.15) is 18.4 Å². The third-order valence-electron chi connectivity index (χ3n) is 4.66. The summed E-state index contributed by atoms with van der Waals surface area (Å²) in [5.74, 6) is -0.868. The van der Waals surface area contributed by atoms with Crippen molar-refractivity contribution in [1.82, 2.24) is 4.31 Å². The van der Waals surface area contributed by atoms with Crippen LogP contribution in [0.3, 0.4) is 0 Å². The topological polar surface area (TPSA) is 66.5 Å². The molecular weight excluding hydrogens is 393 g/mol. The molecule has 1 aliphatic rings. The van der Waals surface area contributed by atoms with Gasteiger partial charge in [-0.15, -0.1) is 0 Å². The molecule has 0 radical (unpaired) electrons. The molecule has 0 bridgehead atoms. The van der Waals surface area contributed by atoms with E-state index in [0.29, 0.717) is 12.8 Å². The predicted octanol–water partition coefficient (Wildman–Crippen LogP) is 3.74. The monoisotopic (exact) mass is 412 g/mol. The molecular formula is C19H19F3N2O3S. The van der Waals surface area contributed by atoms with E-state index >= 15 is 0 Å². The van der Waals surface area contributed by atoms with E-state index < -0.39 is 33.6 Å². The minimum Gasteiger partial charge on any atom is -0.326 e. The zero-order valence-corrected chi connectivity index (χ0v) is 15.6. The number of amides is 1. The molecule has 0 unspecified atom stereocenters. The number of hydrogen-bond acceptors (Lipinski definition) is 3. The van der Waals surface area contributed by atoms with Gasteiger partial charge in [0, 0.05) is 24.7 Å². The minimum atomic E-state index is -4.49. The third kappa shape index (κ3) is 4.53. The van der Waals surface area contributed by atoms with Gasteiger partial charge in [0.15, 0.2) is 0 Å². The summed E-state index contributed by atoms with van der Waals surface area (Å²) in [6.45, 7) is 0.357. The van der Waals surface area contributed by atoms with Crippen LogP contribution in [0.2, 0.25) is 0 Å². The molecule has 0 atom stereocenters. The van der Waals surface area contributed by atoms with Crippen molar-refractivity contribution in [3.05, 3.63) is 60.2 Å². The van der Waals surface area contributed by atoms with Crippen LogP contribution >= 0.6 is 0 Å². The van der Waals surface area contributed by atoms with Crippen LogP contribution in [0.4, 0.5) is 18.9 Å². The van der Waals surface area contributed by atoms with Gasteiger partial charge in [0.05, 0.1) is 10.5 Å². The summed E-state index contributed by atoms with van der Waals surface area (Å²) in [7, 11) is -3.62. The molecule has 0 aromatic heterocycles. The molecule has 0 aliphatic carbocycles. The first-order valence-corrected chi connectivity index (χ1v) is 10.2. The number of sulfonamides is 1. The number of anilines is 1. The highest BCUT2D eigenvalue weighted by Gasteiger charge is 2.33. The molecule has 1 heterocycles.